The fourth-order valence-electron chi connectivity index (χ4n) is 4.38. The maximum atomic E-state index is 14.7. The van der Waals surface area contributed by atoms with E-state index in [2.05, 4.69) is 15.0 Å². The summed E-state index contributed by atoms with van der Waals surface area (Å²) in [5.74, 6) is -3.08. The van der Waals surface area contributed by atoms with Gasteiger partial charge in [-0.2, -0.15) is 5.10 Å². The van der Waals surface area contributed by atoms with Crippen molar-refractivity contribution in [3.05, 3.63) is 52.9 Å². The molecule has 4 rings (SSSR count). The van der Waals surface area contributed by atoms with Crippen molar-refractivity contribution in [2.24, 2.45) is 0 Å². The van der Waals surface area contributed by atoms with E-state index in [0.717, 1.165) is 43.4 Å². The molecule has 0 N–H and O–H groups in total. The first kappa shape index (κ1) is 24.2. The standard InChI is InChI=1S/C23H28ClF2N5OS/c1-22(2,3)33(32)29(5)21(23(4,25)26)15-8-10-16(11-9-15)30-12-6-7-17-18(30)14-27-20-13-19(24)28-31(17)20/h8-11,13-14,21H,6-7,12H2,1-5H3/t21-,33+/m0/s1. The number of aromatic nitrogens is 3. The Morgan fingerprint density at radius 1 is 1.18 bits per heavy atom. The second-order valence-corrected chi connectivity index (χ2v) is 12.1. The number of nitrogens with zero attached hydrogens (tertiary/aromatic N) is 5. The van der Waals surface area contributed by atoms with E-state index >= 15 is 0 Å². The first-order chi connectivity index (χ1) is 15.4. The van der Waals surface area contributed by atoms with Crippen molar-refractivity contribution >= 4 is 40.0 Å². The molecule has 0 spiro atoms. The summed E-state index contributed by atoms with van der Waals surface area (Å²) in [6.45, 7) is 6.97. The fraction of sp³-hybridized carbons (Fsp3) is 0.478. The molecule has 0 radical (unpaired) electrons. The van der Waals surface area contributed by atoms with Gasteiger partial charge in [0.15, 0.2) is 10.8 Å². The van der Waals surface area contributed by atoms with Crippen LogP contribution in [0.1, 0.15) is 51.4 Å². The number of alkyl halides is 2. The topological polar surface area (TPSA) is 59.7 Å². The van der Waals surface area contributed by atoms with E-state index in [-0.39, 0.29) is 0 Å². The molecule has 0 amide bonds. The first-order valence-corrected chi connectivity index (χ1v) is 12.3. The van der Waals surface area contributed by atoms with Crippen LogP contribution >= 0.6 is 11.6 Å². The second kappa shape index (κ2) is 8.69. The Kier molecular flexibility index (Phi) is 6.37. The Balaban J connectivity index is 1.68. The van der Waals surface area contributed by atoms with Crippen LogP contribution in [0.4, 0.5) is 20.2 Å². The minimum absolute atomic E-state index is 0.390. The predicted octanol–water partition coefficient (Wildman–Crippen LogP) is 5.56. The first-order valence-electron chi connectivity index (χ1n) is 10.8. The van der Waals surface area contributed by atoms with Crippen LogP contribution in [-0.2, 0) is 17.8 Å². The van der Waals surface area contributed by atoms with Crippen molar-refractivity contribution < 1.29 is 13.3 Å². The quantitative estimate of drug-likeness (QED) is 0.434. The molecule has 0 bridgehead atoms. The summed E-state index contributed by atoms with van der Waals surface area (Å²) in [7, 11) is 1.49. The number of hydrogen-bond acceptors (Lipinski definition) is 5. The molecule has 33 heavy (non-hydrogen) atoms. The molecule has 2 atom stereocenters. The van der Waals surface area contributed by atoms with Gasteiger partial charge in [0.2, 0.25) is 0 Å². The molecule has 3 aromatic rings. The smallest absolute Gasteiger partial charge is 0.269 e. The maximum absolute atomic E-state index is 14.7. The Bertz CT molecular complexity index is 1140. The van der Waals surface area contributed by atoms with Crippen molar-refractivity contribution in [3.63, 3.8) is 0 Å². The molecule has 0 aliphatic carbocycles. The zero-order chi connectivity index (χ0) is 24.1. The Hall–Kier alpha value is -1.94. The van der Waals surface area contributed by atoms with Crippen LogP contribution in [0.2, 0.25) is 5.15 Å². The summed E-state index contributed by atoms with van der Waals surface area (Å²) in [4.78, 5) is 6.58. The number of hydrogen-bond donors (Lipinski definition) is 0. The van der Waals surface area contributed by atoms with Crippen LogP contribution in [0.15, 0.2) is 36.5 Å². The number of anilines is 2. The van der Waals surface area contributed by atoms with Crippen molar-refractivity contribution in [1.29, 1.82) is 0 Å². The highest BCUT2D eigenvalue weighted by molar-refractivity contribution is 7.90. The van der Waals surface area contributed by atoms with Crippen molar-refractivity contribution in [2.45, 2.75) is 57.2 Å². The van der Waals surface area contributed by atoms with E-state index < -0.39 is 28.1 Å². The Morgan fingerprint density at radius 3 is 2.45 bits per heavy atom. The third-order valence-corrected chi connectivity index (χ3v) is 7.73. The highest BCUT2D eigenvalue weighted by Gasteiger charge is 2.46. The minimum Gasteiger partial charge on any atom is -0.597 e. The molecule has 178 valence electrons. The molecule has 0 saturated heterocycles. The highest BCUT2D eigenvalue weighted by atomic mass is 35.5. The third-order valence-electron chi connectivity index (χ3n) is 5.77. The molecule has 3 heterocycles. The van der Waals surface area contributed by atoms with E-state index in [0.29, 0.717) is 16.4 Å². The van der Waals surface area contributed by atoms with Crippen LogP contribution in [0.25, 0.3) is 5.65 Å². The number of fused-ring (bicyclic) bond motifs is 3. The lowest BCUT2D eigenvalue weighted by Gasteiger charge is -2.37. The molecular formula is C23H28ClF2N5OS. The van der Waals surface area contributed by atoms with E-state index in [1.165, 1.54) is 11.4 Å². The van der Waals surface area contributed by atoms with Gasteiger partial charge in [0.05, 0.1) is 17.6 Å². The van der Waals surface area contributed by atoms with Crippen molar-refractivity contribution in [1.82, 2.24) is 18.9 Å². The Labute approximate surface area is 200 Å². The van der Waals surface area contributed by atoms with Gasteiger partial charge in [-0.15, -0.1) is 4.31 Å². The normalized spacial score (nSPS) is 16.8. The van der Waals surface area contributed by atoms with Crippen molar-refractivity contribution in [3.8, 4) is 0 Å². The SMILES string of the molecule is CN([C@@H](c1ccc(N2CCCc3c2cnc2cc(Cl)nn32)cc1)C(C)(F)F)[S@+]([O-])C(C)(C)C. The maximum Gasteiger partial charge on any atom is 0.269 e. The zero-order valence-corrected chi connectivity index (χ0v) is 20.9. The van der Waals surface area contributed by atoms with Gasteiger partial charge < -0.3 is 9.45 Å². The van der Waals surface area contributed by atoms with Crippen LogP contribution in [-0.4, -0.2) is 47.7 Å². The largest absolute Gasteiger partial charge is 0.597 e. The van der Waals surface area contributed by atoms with Crippen LogP contribution in [0.3, 0.4) is 0 Å². The lowest BCUT2D eigenvalue weighted by Crippen LogP contribution is -2.47. The molecule has 0 fully saturated rings. The van der Waals surface area contributed by atoms with E-state index in [1.807, 2.05) is 12.1 Å². The lowest BCUT2D eigenvalue weighted by atomic mass is 10.0. The number of aryl methyl sites for hydroxylation is 1. The van der Waals surface area contributed by atoms with Gasteiger partial charge >= 0.3 is 0 Å². The lowest BCUT2D eigenvalue weighted by molar-refractivity contribution is -0.0405. The van der Waals surface area contributed by atoms with Crippen LogP contribution in [0, 0.1) is 0 Å². The summed E-state index contributed by atoms with van der Waals surface area (Å²) in [6.07, 6.45) is 3.56. The van der Waals surface area contributed by atoms with E-state index in [1.54, 1.807) is 49.7 Å². The molecule has 2 aromatic heterocycles. The predicted molar refractivity (Wildman–Crippen MR) is 129 cm³/mol. The van der Waals surface area contributed by atoms with Gasteiger partial charge in [0.1, 0.15) is 10.8 Å². The summed E-state index contributed by atoms with van der Waals surface area (Å²) in [5, 5.41) is 4.74. The number of benzene rings is 1. The molecule has 1 aromatic carbocycles. The molecule has 0 unspecified atom stereocenters. The van der Waals surface area contributed by atoms with Crippen molar-refractivity contribution in [2.75, 3.05) is 18.5 Å². The molecule has 0 saturated carbocycles. The van der Waals surface area contributed by atoms with Gasteiger partial charge in [-0.1, -0.05) is 23.7 Å². The number of halogens is 3. The van der Waals surface area contributed by atoms with Gasteiger partial charge in [-0.05, 0) is 51.3 Å². The molecule has 1 aliphatic rings. The molecule has 1 aliphatic heterocycles. The Morgan fingerprint density at radius 2 is 1.85 bits per heavy atom. The van der Waals surface area contributed by atoms with Gasteiger partial charge in [-0.3, -0.25) is 0 Å². The van der Waals surface area contributed by atoms with Gasteiger partial charge in [0, 0.05) is 43.6 Å². The van der Waals surface area contributed by atoms with E-state index in [9.17, 15) is 13.3 Å². The monoisotopic (exact) mass is 495 g/mol. The van der Waals surface area contributed by atoms with Gasteiger partial charge in [0.25, 0.3) is 5.92 Å². The zero-order valence-electron chi connectivity index (χ0n) is 19.3. The summed E-state index contributed by atoms with van der Waals surface area (Å²) in [6, 6.07) is 7.46. The molecule has 10 heteroatoms. The summed E-state index contributed by atoms with van der Waals surface area (Å²) < 4.78 is 44.6. The van der Waals surface area contributed by atoms with E-state index in [4.69, 9.17) is 11.6 Å². The highest BCUT2D eigenvalue weighted by Crippen LogP contribution is 2.40. The minimum atomic E-state index is -3.08. The molecule has 6 nitrogen and oxygen atoms in total. The molecular weight excluding hydrogens is 468 g/mol. The van der Waals surface area contributed by atoms with Crippen LogP contribution in [0.5, 0.6) is 0 Å². The summed E-state index contributed by atoms with van der Waals surface area (Å²) in [5.41, 5.74) is 3.91. The van der Waals surface area contributed by atoms with Crippen LogP contribution < -0.4 is 4.90 Å². The third kappa shape index (κ3) is 4.69. The average molecular weight is 496 g/mol. The average Bonchev–Trinajstić information content (AvgIpc) is 3.12. The summed E-state index contributed by atoms with van der Waals surface area (Å²) >= 11 is 4.47. The number of rotatable bonds is 5. The van der Waals surface area contributed by atoms with Gasteiger partial charge in [-0.25, -0.2) is 18.3 Å². The fourth-order valence-corrected chi connectivity index (χ4v) is 5.92. The second-order valence-electron chi connectivity index (χ2n) is 9.44.